The van der Waals surface area contributed by atoms with Crippen LogP contribution in [-0.2, 0) is 4.79 Å². The molecule has 106 valence electrons. The summed E-state index contributed by atoms with van der Waals surface area (Å²) in [6.45, 7) is 3.35. The van der Waals surface area contributed by atoms with Crippen LogP contribution in [0.25, 0.3) is 11.0 Å². The van der Waals surface area contributed by atoms with Crippen molar-refractivity contribution in [3.8, 4) is 0 Å². The topological polar surface area (TPSA) is 95.1 Å². The van der Waals surface area contributed by atoms with Crippen molar-refractivity contribution in [2.45, 2.75) is 19.9 Å². The minimum atomic E-state index is -1.14. The third kappa shape index (κ3) is 2.61. The maximum absolute atomic E-state index is 13.4. The summed E-state index contributed by atoms with van der Waals surface area (Å²) >= 11 is 0. The highest BCUT2D eigenvalue weighted by atomic mass is 19.1. The number of nitrogens with one attached hydrogen (secondary N) is 2. The van der Waals surface area contributed by atoms with Gasteiger partial charge in [0, 0.05) is 0 Å². The number of carbonyl (C=O) groups excluding carboxylic acids is 1. The van der Waals surface area contributed by atoms with Crippen LogP contribution in [0.15, 0.2) is 18.5 Å². The number of aromatic nitrogens is 2. The van der Waals surface area contributed by atoms with E-state index in [-0.39, 0.29) is 11.5 Å². The molecule has 0 bridgehead atoms. The lowest BCUT2D eigenvalue weighted by Crippen LogP contribution is -2.44. The molecule has 1 aromatic carbocycles. The molecule has 0 unspecified atom stereocenters. The van der Waals surface area contributed by atoms with E-state index in [0.717, 1.165) is 6.07 Å². The Bertz CT molecular complexity index is 666. The molecule has 2 aromatic rings. The van der Waals surface area contributed by atoms with E-state index in [0.29, 0.717) is 11.0 Å². The molecule has 0 saturated heterocycles. The second-order valence-electron chi connectivity index (χ2n) is 4.79. The molecule has 1 heterocycles. The number of benzene rings is 1. The fourth-order valence-corrected chi connectivity index (χ4v) is 1.92. The monoisotopic (exact) mass is 279 g/mol. The molecule has 0 saturated carbocycles. The molecule has 0 fully saturated rings. The van der Waals surface area contributed by atoms with E-state index in [1.165, 1.54) is 12.4 Å². The number of nitrogens with zero attached hydrogens (tertiary/aromatic N) is 1. The summed E-state index contributed by atoms with van der Waals surface area (Å²) in [5.41, 5.74) is 0.691. The average molecular weight is 279 g/mol. The molecule has 0 aliphatic rings. The van der Waals surface area contributed by atoms with Crippen LogP contribution < -0.4 is 5.32 Å². The van der Waals surface area contributed by atoms with Gasteiger partial charge in [-0.25, -0.2) is 14.2 Å². The second-order valence-corrected chi connectivity index (χ2v) is 4.79. The lowest BCUT2D eigenvalue weighted by molar-refractivity contribution is -0.140. The summed E-state index contributed by atoms with van der Waals surface area (Å²) in [4.78, 5) is 29.9. The maximum atomic E-state index is 13.4. The quantitative estimate of drug-likeness (QED) is 0.791. The Morgan fingerprint density at radius 3 is 2.70 bits per heavy atom. The minimum Gasteiger partial charge on any atom is -0.480 e. The van der Waals surface area contributed by atoms with Crippen LogP contribution in [0, 0.1) is 11.7 Å². The van der Waals surface area contributed by atoms with Crippen molar-refractivity contribution in [2.24, 2.45) is 5.92 Å². The van der Waals surface area contributed by atoms with Crippen LogP contribution in [0.3, 0.4) is 0 Å². The summed E-state index contributed by atoms with van der Waals surface area (Å²) in [7, 11) is 0. The van der Waals surface area contributed by atoms with Crippen molar-refractivity contribution < 1.29 is 19.1 Å². The third-order valence-corrected chi connectivity index (χ3v) is 2.95. The van der Waals surface area contributed by atoms with Gasteiger partial charge in [0.2, 0.25) is 0 Å². The summed E-state index contributed by atoms with van der Waals surface area (Å²) in [5.74, 6) is -2.69. The predicted octanol–water partition coefficient (Wildman–Crippen LogP) is 1.54. The first-order valence-electron chi connectivity index (χ1n) is 6.06. The number of imidazole rings is 1. The van der Waals surface area contributed by atoms with Crippen LogP contribution in [0.5, 0.6) is 0 Å². The van der Waals surface area contributed by atoms with E-state index in [4.69, 9.17) is 5.11 Å². The standard InChI is InChI=1S/C13H14FN3O3/c1-6(2)10(13(19)20)17-12(18)8-3-7(14)4-9-11(8)16-5-15-9/h3-6,10H,1-2H3,(H,15,16)(H,17,18)(H,19,20)/t10-/m0/s1. The van der Waals surface area contributed by atoms with Crippen LogP contribution in [0.4, 0.5) is 4.39 Å². The van der Waals surface area contributed by atoms with E-state index in [2.05, 4.69) is 15.3 Å². The number of hydrogen-bond acceptors (Lipinski definition) is 3. The summed E-state index contributed by atoms with van der Waals surface area (Å²) < 4.78 is 13.4. The largest absolute Gasteiger partial charge is 0.480 e. The van der Waals surface area contributed by atoms with Crippen molar-refractivity contribution in [3.63, 3.8) is 0 Å². The number of rotatable bonds is 4. The van der Waals surface area contributed by atoms with Gasteiger partial charge in [0.15, 0.2) is 0 Å². The van der Waals surface area contributed by atoms with Gasteiger partial charge in [-0.2, -0.15) is 0 Å². The smallest absolute Gasteiger partial charge is 0.326 e. The van der Waals surface area contributed by atoms with Gasteiger partial charge in [-0.1, -0.05) is 13.8 Å². The number of aliphatic carboxylic acids is 1. The Morgan fingerprint density at radius 2 is 2.10 bits per heavy atom. The van der Waals surface area contributed by atoms with Crippen molar-refractivity contribution in [1.82, 2.24) is 15.3 Å². The molecule has 0 spiro atoms. The zero-order valence-corrected chi connectivity index (χ0v) is 11.0. The molecule has 1 atom stereocenters. The average Bonchev–Trinajstić information content (AvgIpc) is 2.81. The van der Waals surface area contributed by atoms with Gasteiger partial charge in [0.25, 0.3) is 5.91 Å². The Hall–Kier alpha value is -2.44. The SMILES string of the molecule is CC(C)[C@H](NC(=O)c1cc(F)cc2[nH]cnc12)C(=O)O. The number of H-pyrrole nitrogens is 1. The molecule has 0 aliphatic heterocycles. The lowest BCUT2D eigenvalue weighted by atomic mass is 10.0. The zero-order valence-electron chi connectivity index (χ0n) is 11.0. The number of carboxylic acids is 1. The molecule has 3 N–H and O–H groups in total. The highest BCUT2D eigenvalue weighted by molar-refractivity contribution is 6.05. The molecule has 7 heteroatoms. The van der Waals surface area contributed by atoms with Gasteiger partial charge in [0.1, 0.15) is 17.4 Å². The number of aromatic amines is 1. The highest BCUT2D eigenvalue weighted by Gasteiger charge is 2.25. The van der Waals surface area contributed by atoms with Crippen molar-refractivity contribution in [3.05, 3.63) is 29.8 Å². The normalized spacial score (nSPS) is 12.6. The highest BCUT2D eigenvalue weighted by Crippen LogP contribution is 2.17. The van der Waals surface area contributed by atoms with Crippen LogP contribution >= 0.6 is 0 Å². The van der Waals surface area contributed by atoms with Gasteiger partial charge in [-0.3, -0.25) is 4.79 Å². The minimum absolute atomic E-state index is 0.00755. The maximum Gasteiger partial charge on any atom is 0.326 e. The summed E-state index contributed by atoms with van der Waals surface area (Å²) in [5, 5.41) is 11.4. The van der Waals surface area contributed by atoms with Gasteiger partial charge in [-0.15, -0.1) is 0 Å². The number of halogens is 1. The lowest BCUT2D eigenvalue weighted by Gasteiger charge is -2.18. The summed E-state index contributed by atoms with van der Waals surface area (Å²) in [6, 6.07) is 1.22. The van der Waals surface area contributed by atoms with E-state index in [1.54, 1.807) is 13.8 Å². The molecule has 1 amide bonds. The third-order valence-electron chi connectivity index (χ3n) is 2.95. The van der Waals surface area contributed by atoms with Crippen LogP contribution in [-0.4, -0.2) is 33.0 Å². The number of carboxylic acid groups (broad SMARTS) is 1. The molecule has 6 nitrogen and oxygen atoms in total. The fraction of sp³-hybridized carbons (Fsp3) is 0.308. The molecule has 0 radical (unpaired) electrons. The van der Waals surface area contributed by atoms with Gasteiger partial charge < -0.3 is 15.4 Å². The van der Waals surface area contributed by atoms with E-state index >= 15 is 0 Å². The Labute approximate surface area is 114 Å². The van der Waals surface area contributed by atoms with Crippen LogP contribution in [0.1, 0.15) is 24.2 Å². The first-order valence-corrected chi connectivity index (χ1v) is 6.06. The Morgan fingerprint density at radius 1 is 1.40 bits per heavy atom. The van der Waals surface area contributed by atoms with Gasteiger partial charge in [0.05, 0.1) is 17.4 Å². The van der Waals surface area contributed by atoms with Gasteiger partial charge in [-0.05, 0) is 18.1 Å². The van der Waals surface area contributed by atoms with E-state index in [9.17, 15) is 14.0 Å². The molecule has 20 heavy (non-hydrogen) atoms. The van der Waals surface area contributed by atoms with Crippen molar-refractivity contribution in [1.29, 1.82) is 0 Å². The van der Waals surface area contributed by atoms with Crippen molar-refractivity contribution in [2.75, 3.05) is 0 Å². The predicted molar refractivity (Wildman–Crippen MR) is 69.8 cm³/mol. The number of hydrogen-bond donors (Lipinski definition) is 3. The van der Waals surface area contributed by atoms with E-state index < -0.39 is 23.7 Å². The van der Waals surface area contributed by atoms with E-state index in [1.807, 2.05) is 0 Å². The fourth-order valence-electron chi connectivity index (χ4n) is 1.92. The number of carbonyl (C=O) groups is 2. The molecule has 2 rings (SSSR count). The van der Waals surface area contributed by atoms with Gasteiger partial charge >= 0.3 is 5.97 Å². The zero-order chi connectivity index (χ0) is 14.9. The molecular weight excluding hydrogens is 265 g/mol. The van der Waals surface area contributed by atoms with Crippen molar-refractivity contribution >= 4 is 22.9 Å². The Balaban J connectivity index is 2.36. The first-order chi connectivity index (χ1) is 9.40. The molecule has 0 aliphatic carbocycles. The first kappa shape index (κ1) is 14.0. The number of fused-ring (bicyclic) bond motifs is 1. The number of amides is 1. The second kappa shape index (κ2) is 5.28. The van der Waals surface area contributed by atoms with Crippen LogP contribution in [0.2, 0.25) is 0 Å². The molecular formula is C13H14FN3O3. The molecule has 1 aromatic heterocycles. The Kier molecular flexibility index (Phi) is 3.69. The summed E-state index contributed by atoms with van der Waals surface area (Å²) in [6.07, 6.45) is 1.35.